The van der Waals surface area contributed by atoms with E-state index in [1.165, 1.54) is 87.3 Å². The second kappa shape index (κ2) is 14.0. The van der Waals surface area contributed by atoms with Crippen molar-refractivity contribution in [3.05, 3.63) is 70.8 Å². The van der Waals surface area contributed by atoms with Gasteiger partial charge in [-0.3, -0.25) is 0 Å². The average Bonchev–Trinajstić information content (AvgIpc) is 2.93. The zero-order valence-corrected chi connectivity index (χ0v) is 22.9. The molecule has 0 bridgehead atoms. The number of ether oxygens (including phenoxy) is 1. The molecule has 2 fully saturated rings. The first-order chi connectivity index (χ1) is 17.7. The average molecular weight is 489 g/mol. The van der Waals surface area contributed by atoms with Gasteiger partial charge in [0.25, 0.3) is 0 Å². The van der Waals surface area contributed by atoms with Gasteiger partial charge in [-0.15, -0.1) is 0 Å². The Labute approximate surface area is 220 Å². The molecule has 2 aromatic carbocycles. The highest BCUT2D eigenvalue weighted by atomic mass is 16.5. The smallest absolute Gasteiger partial charge is 0.338 e. The third-order valence-corrected chi connectivity index (χ3v) is 8.88. The molecule has 0 spiro atoms. The summed E-state index contributed by atoms with van der Waals surface area (Å²) in [5.41, 5.74) is 5.02. The van der Waals surface area contributed by atoms with Gasteiger partial charge in [-0.05, 0) is 111 Å². The Kier molecular flexibility index (Phi) is 10.5. The summed E-state index contributed by atoms with van der Waals surface area (Å²) in [5.74, 6) is 2.04. The molecule has 4 rings (SSSR count). The summed E-state index contributed by atoms with van der Waals surface area (Å²) >= 11 is 0. The largest absolute Gasteiger partial charge is 0.459 e. The first kappa shape index (κ1) is 27.0. The molecule has 2 aliphatic rings. The lowest BCUT2D eigenvalue weighted by molar-refractivity contribution is 0.0195. The molecule has 0 heterocycles. The molecule has 0 saturated heterocycles. The Hall–Kier alpha value is -2.09. The van der Waals surface area contributed by atoms with Crippen molar-refractivity contribution in [1.82, 2.24) is 0 Å². The van der Waals surface area contributed by atoms with Gasteiger partial charge in [0.15, 0.2) is 0 Å². The number of hydrogen-bond acceptors (Lipinski definition) is 2. The van der Waals surface area contributed by atoms with E-state index in [2.05, 4.69) is 50.2 Å². The van der Waals surface area contributed by atoms with E-state index >= 15 is 0 Å². The molecular weight excluding hydrogens is 440 g/mol. The molecule has 196 valence electrons. The van der Waals surface area contributed by atoms with E-state index in [1.807, 2.05) is 12.1 Å². The quantitative estimate of drug-likeness (QED) is 0.232. The predicted octanol–water partition coefficient (Wildman–Crippen LogP) is 9.77. The lowest BCUT2D eigenvalue weighted by Crippen LogP contribution is -2.24. The molecule has 0 atom stereocenters. The third kappa shape index (κ3) is 7.70. The zero-order chi connectivity index (χ0) is 25.2. The second-order valence-electron chi connectivity index (χ2n) is 11.6. The standard InChI is InChI=1S/C34H48O2/c1-3-5-6-7-9-27-12-16-29(17-13-27)31-22-24-33(25-23-31)36-34(35)32-20-18-30(19-21-32)28-14-10-26(8-4-2)11-15-28/h12-13,16-21,26,28,31,33H,3-11,14-15,22-25H2,1-2H3/t26-,28-,31-,33-. The van der Waals surface area contributed by atoms with Crippen molar-refractivity contribution in [2.75, 3.05) is 0 Å². The Bertz CT molecular complexity index is 897. The van der Waals surface area contributed by atoms with E-state index in [9.17, 15) is 4.79 Å². The predicted molar refractivity (Wildman–Crippen MR) is 151 cm³/mol. The molecule has 0 amide bonds. The van der Waals surface area contributed by atoms with Crippen molar-refractivity contribution in [3.8, 4) is 0 Å². The van der Waals surface area contributed by atoms with E-state index < -0.39 is 0 Å². The molecule has 2 aromatic rings. The van der Waals surface area contributed by atoms with Crippen LogP contribution in [0.2, 0.25) is 0 Å². The van der Waals surface area contributed by atoms with Crippen LogP contribution >= 0.6 is 0 Å². The fraction of sp³-hybridized carbons (Fsp3) is 0.618. The van der Waals surface area contributed by atoms with Crippen LogP contribution in [-0.2, 0) is 11.2 Å². The highest BCUT2D eigenvalue weighted by Crippen LogP contribution is 2.38. The molecule has 2 heteroatoms. The van der Waals surface area contributed by atoms with Crippen molar-refractivity contribution in [3.63, 3.8) is 0 Å². The van der Waals surface area contributed by atoms with Crippen LogP contribution in [0.15, 0.2) is 48.5 Å². The molecule has 0 unspecified atom stereocenters. The van der Waals surface area contributed by atoms with E-state index in [0.29, 0.717) is 17.4 Å². The third-order valence-electron chi connectivity index (χ3n) is 8.88. The number of aryl methyl sites for hydroxylation is 1. The molecule has 2 nitrogen and oxygen atoms in total. The lowest BCUT2D eigenvalue weighted by atomic mass is 9.77. The highest BCUT2D eigenvalue weighted by Gasteiger charge is 2.26. The highest BCUT2D eigenvalue weighted by molar-refractivity contribution is 5.89. The fourth-order valence-corrected chi connectivity index (χ4v) is 6.53. The van der Waals surface area contributed by atoms with Crippen LogP contribution < -0.4 is 0 Å². The molecule has 0 aromatic heterocycles. The van der Waals surface area contributed by atoms with Gasteiger partial charge in [0.1, 0.15) is 6.10 Å². The number of esters is 1. The van der Waals surface area contributed by atoms with E-state index in [-0.39, 0.29) is 12.1 Å². The van der Waals surface area contributed by atoms with Crippen LogP contribution in [0.4, 0.5) is 0 Å². The van der Waals surface area contributed by atoms with Crippen molar-refractivity contribution in [2.24, 2.45) is 5.92 Å². The van der Waals surface area contributed by atoms with Gasteiger partial charge in [0.2, 0.25) is 0 Å². The zero-order valence-electron chi connectivity index (χ0n) is 22.9. The molecule has 2 saturated carbocycles. The summed E-state index contributed by atoms with van der Waals surface area (Å²) in [4.78, 5) is 12.8. The second-order valence-corrected chi connectivity index (χ2v) is 11.6. The summed E-state index contributed by atoms with van der Waals surface area (Å²) in [5, 5.41) is 0. The summed E-state index contributed by atoms with van der Waals surface area (Å²) in [7, 11) is 0. The summed E-state index contributed by atoms with van der Waals surface area (Å²) in [6, 6.07) is 17.7. The number of carbonyl (C=O) groups is 1. The number of hydrogen-bond donors (Lipinski definition) is 0. The number of rotatable bonds is 11. The molecule has 0 aliphatic heterocycles. The van der Waals surface area contributed by atoms with Gasteiger partial charge in [-0.1, -0.05) is 82.3 Å². The van der Waals surface area contributed by atoms with E-state index in [0.717, 1.165) is 31.6 Å². The number of carbonyl (C=O) groups excluding carboxylic acids is 1. The first-order valence-corrected chi connectivity index (χ1v) is 15.1. The maximum absolute atomic E-state index is 12.8. The minimum Gasteiger partial charge on any atom is -0.459 e. The molecule has 0 radical (unpaired) electrons. The van der Waals surface area contributed by atoms with Crippen LogP contribution in [0.1, 0.15) is 143 Å². The minimum absolute atomic E-state index is 0.0557. The summed E-state index contributed by atoms with van der Waals surface area (Å²) < 4.78 is 5.93. The van der Waals surface area contributed by atoms with Gasteiger partial charge in [-0.25, -0.2) is 4.79 Å². The topological polar surface area (TPSA) is 26.3 Å². The van der Waals surface area contributed by atoms with Crippen molar-refractivity contribution in [2.45, 2.75) is 128 Å². The van der Waals surface area contributed by atoms with E-state index in [4.69, 9.17) is 4.74 Å². The Morgan fingerprint density at radius 1 is 0.694 bits per heavy atom. The molecule has 2 aliphatic carbocycles. The maximum atomic E-state index is 12.8. The van der Waals surface area contributed by atoms with Gasteiger partial charge in [-0.2, -0.15) is 0 Å². The van der Waals surface area contributed by atoms with Crippen LogP contribution in [0.5, 0.6) is 0 Å². The maximum Gasteiger partial charge on any atom is 0.338 e. The number of unbranched alkanes of at least 4 members (excludes halogenated alkanes) is 3. The van der Waals surface area contributed by atoms with Crippen LogP contribution in [0, 0.1) is 5.92 Å². The van der Waals surface area contributed by atoms with Gasteiger partial charge < -0.3 is 4.74 Å². The Morgan fingerprint density at radius 3 is 1.86 bits per heavy atom. The number of benzene rings is 2. The molecule has 0 N–H and O–H groups in total. The monoisotopic (exact) mass is 488 g/mol. The minimum atomic E-state index is -0.149. The van der Waals surface area contributed by atoms with Gasteiger partial charge >= 0.3 is 5.97 Å². The van der Waals surface area contributed by atoms with Crippen molar-refractivity contribution < 1.29 is 9.53 Å². The Morgan fingerprint density at radius 2 is 1.28 bits per heavy atom. The van der Waals surface area contributed by atoms with Crippen LogP contribution in [0.25, 0.3) is 0 Å². The SMILES string of the molecule is CCCCCCc1ccc([C@H]2CC[C@H](OC(=O)c3ccc([C@H]4CC[C@H](CCC)CC4)cc3)CC2)cc1. The summed E-state index contributed by atoms with van der Waals surface area (Å²) in [6.07, 6.45) is 18.7. The Balaban J connectivity index is 1.20. The van der Waals surface area contributed by atoms with Crippen molar-refractivity contribution in [1.29, 1.82) is 0 Å². The van der Waals surface area contributed by atoms with E-state index in [1.54, 1.807) is 0 Å². The van der Waals surface area contributed by atoms with Gasteiger partial charge in [0.05, 0.1) is 5.56 Å². The van der Waals surface area contributed by atoms with Crippen molar-refractivity contribution >= 4 is 5.97 Å². The lowest BCUT2D eigenvalue weighted by Gasteiger charge is -2.29. The normalized spacial score (nSPS) is 24.4. The fourth-order valence-electron chi connectivity index (χ4n) is 6.53. The van der Waals surface area contributed by atoms with Gasteiger partial charge in [0, 0.05) is 0 Å². The molecule has 36 heavy (non-hydrogen) atoms. The summed E-state index contributed by atoms with van der Waals surface area (Å²) in [6.45, 7) is 4.56. The van der Waals surface area contributed by atoms with Crippen LogP contribution in [0.3, 0.4) is 0 Å². The van der Waals surface area contributed by atoms with Crippen LogP contribution in [-0.4, -0.2) is 12.1 Å². The molecular formula is C34H48O2. The first-order valence-electron chi connectivity index (χ1n) is 15.1.